The summed E-state index contributed by atoms with van der Waals surface area (Å²) in [7, 11) is 1.86. The van der Waals surface area contributed by atoms with E-state index in [9.17, 15) is 9.90 Å². The Labute approximate surface area is 151 Å². The zero-order chi connectivity index (χ0) is 16.8. The van der Waals surface area contributed by atoms with Gasteiger partial charge >= 0.3 is 0 Å². The quantitative estimate of drug-likeness (QED) is 0.696. The van der Waals surface area contributed by atoms with Crippen LogP contribution in [-0.2, 0) is 13.5 Å². The summed E-state index contributed by atoms with van der Waals surface area (Å²) in [6.07, 6.45) is 3.46. The molecule has 4 heteroatoms. The summed E-state index contributed by atoms with van der Waals surface area (Å²) < 4.78 is 1.84. The van der Waals surface area contributed by atoms with Gasteiger partial charge in [-0.05, 0) is 43.9 Å². The molecule has 0 saturated heterocycles. The largest absolute Gasteiger partial charge is 0.387 e. The molecule has 0 spiro atoms. The van der Waals surface area contributed by atoms with E-state index in [1.165, 1.54) is 11.1 Å². The minimum absolute atomic E-state index is 0. The molecule has 0 amide bonds. The van der Waals surface area contributed by atoms with Crippen LogP contribution in [-0.4, -0.2) is 15.5 Å². The number of hydrogen-bond acceptors (Lipinski definition) is 2. The Morgan fingerprint density at radius 2 is 1.83 bits per heavy atom. The molecule has 0 radical (unpaired) electrons. The molecule has 1 atom stereocenters. The van der Waals surface area contributed by atoms with Crippen LogP contribution in [0.5, 0.6) is 0 Å². The minimum Gasteiger partial charge on any atom is -0.387 e. The number of rotatable bonds is 8. The van der Waals surface area contributed by atoms with Crippen LogP contribution in [0, 0.1) is 6.92 Å². The number of hydrogen-bond donors (Lipinski definition) is 1. The molecular formula is C20H28ClNO2. The van der Waals surface area contributed by atoms with E-state index in [2.05, 4.69) is 31.2 Å². The number of aryl methyl sites for hydroxylation is 2. The standard InChI is InChI=1S/C20H27NO2.ClH/c1-4-6-19(22)17-13-14-18(21(17)3)20(23)8-5-7-16-11-9-15(2)10-12-16;/h9-14,19,22H,4-8H2,1-3H3;1H. The Balaban J connectivity index is 0.00000288. The lowest BCUT2D eigenvalue weighted by atomic mass is 10.0. The van der Waals surface area contributed by atoms with E-state index in [0.717, 1.165) is 31.4 Å². The lowest BCUT2D eigenvalue weighted by molar-refractivity contribution is 0.0970. The summed E-state index contributed by atoms with van der Waals surface area (Å²) >= 11 is 0. The Bertz CT molecular complexity index is 646. The number of aromatic nitrogens is 1. The highest BCUT2D eigenvalue weighted by Crippen LogP contribution is 2.21. The predicted octanol–water partition coefficient (Wildman–Crippen LogP) is 4.79. The maximum Gasteiger partial charge on any atom is 0.179 e. The molecule has 0 saturated carbocycles. The molecule has 1 aromatic heterocycles. The fourth-order valence-electron chi connectivity index (χ4n) is 2.90. The second kappa shape index (κ2) is 9.65. The molecule has 132 valence electrons. The van der Waals surface area contributed by atoms with Crippen LogP contribution in [0.25, 0.3) is 0 Å². The molecule has 2 aromatic rings. The highest BCUT2D eigenvalue weighted by atomic mass is 35.5. The summed E-state index contributed by atoms with van der Waals surface area (Å²) in [5.74, 6) is 0.148. The lowest BCUT2D eigenvalue weighted by Crippen LogP contribution is -2.10. The van der Waals surface area contributed by atoms with Crippen LogP contribution in [0.4, 0.5) is 0 Å². The number of carbonyl (C=O) groups excluding carboxylic acids is 1. The van der Waals surface area contributed by atoms with Crippen LogP contribution in [0.1, 0.15) is 66.0 Å². The van der Waals surface area contributed by atoms with Gasteiger partial charge in [-0.2, -0.15) is 0 Å². The lowest BCUT2D eigenvalue weighted by Gasteiger charge is -2.12. The van der Waals surface area contributed by atoms with Crippen molar-refractivity contribution in [2.45, 2.75) is 52.1 Å². The Kier molecular flexibility index (Phi) is 8.23. The molecule has 0 aliphatic rings. The molecule has 1 N–H and O–H groups in total. The van der Waals surface area contributed by atoms with Crippen molar-refractivity contribution in [3.8, 4) is 0 Å². The van der Waals surface area contributed by atoms with E-state index in [-0.39, 0.29) is 18.2 Å². The Morgan fingerprint density at radius 3 is 2.46 bits per heavy atom. The molecule has 24 heavy (non-hydrogen) atoms. The number of ketones is 1. The average molecular weight is 350 g/mol. The first-order valence-corrected chi connectivity index (χ1v) is 8.45. The number of aliphatic hydroxyl groups is 1. The van der Waals surface area contributed by atoms with Crippen molar-refractivity contribution >= 4 is 18.2 Å². The van der Waals surface area contributed by atoms with E-state index < -0.39 is 6.10 Å². The van der Waals surface area contributed by atoms with E-state index in [0.29, 0.717) is 12.1 Å². The van der Waals surface area contributed by atoms with E-state index in [4.69, 9.17) is 0 Å². The molecule has 0 aliphatic heterocycles. The fourth-order valence-corrected chi connectivity index (χ4v) is 2.90. The van der Waals surface area contributed by atoms with Crippen LogP contribution < -0.4 is 0 Å². The SMILES string of the molecule is CCCC(O)c1ccc(C(=O)CCCc2ccc(C)cc2)n1C.Cl. The van der Waals surface area contributed by atoms with Gasteiger partial charge in [-0.25, -0.2) is 0 Å². The number of halogens is 1. The number of carbonyl (C=O) groups is 1. The van der Waals surface area contributed by atoms with Crippen LogP contribution in [0.15, 0.2) is 36.4 Å². The molecule has 1 heterocycles. The van der Waals surface area contributed by atoms with Gasteiger partial charge in [0.05, 0.1) is 11.8 Å². The molecule has 1 aromatic carbocycles. The number of benzene rings is 1. The normalized spacial score (nSPS) is 11.8. The summed E-state index contributed by atoms with van der Waals surface area (Å²) in [6, 6.07) is 12.2. The predicted molar refractivity (Wildman–Crippen MR) is 101 cm³/mol. The molecule has 2 rings (SSSR count). The summed E-state index contributed by atoms with van der Waals surface area (Å²) in [5.41, 5.74) is 4.05. The van der Waals surface area contributed by atoms with Crippen molar-refractivity contribution in [3.05, 3.63) is 58.9 Å². The third-order valence-corrected chi connectivity index (χ3v) is 4.34. The maximum atomic E-state index is 12.4. The van der Waals surface area contributed by atoms with Gasteiger partial charge in [0.25, 0.3) is 0 Å². The van der Waals surface area contributed by atoms with E-state index in [1.54, 1.807) is 0 Å². The van der Waals surface area contributed by atoms with Crippen molar-refractivity contribution in [2.24, 2.45) is 7.05 Å². The molecule has 0 aliphatic carbocycles. The number of Topliss-reactive ketones (excluding diaryl/α,β-unsaturated/α-hetero) is 1. The summed E-state index contributed by atoms with van der Waals surface area (Å²) in [4.78, 5) is 12.4. The van der Waals surface area contributed by atoms with Gasteiger partial charge in [0, 0.05) is 19.2 Å². The second-order valence-electron chi connectivity index (χ2n) is 6.27. The highest BCUT2D eigenvalue weighted by molar-refractivity contribution is 5.94. The zero-order valence-electron chi connectivity index (χ0n) is 14.8. The third kappa shape index (κ3) is 5.22. The van der Waals surface area contributed by atoms with Crippen molar-refractivity contribution in [1.82, 2.24) is 4.57 Å². The van der Waals surface area contributed by atoms with Gasteiger partial charge in [0.15, 0.2) is 5.78 Å². The number of nitrogens with zero attached hydrogens (tertiary/aromatic N) is 1. The first-order valence-electron chi connectivity index (χ1n) is 8.45. The third-order valence-electron chi connectivity index (χ3n) is 4.34. The number of aliphatic hydroxyl groups excluding tert-OH is 1. The Morgan fingerprint density at radius 1 is 1.17 bits per heavy atom. The van der Waals surface area contributed by atoms with Crippen LogP contribution in [0.3, 0.4) is 0 Å². The Hall–Kier alpha value is -1.58. The molecule has 3 nitrogen and oxygen atoms in total. The molecule has 0 bridgehead atoms. The van der Waals surface area contributed by atoms with Gasteiger partial charge < -0.3 is 9.67 Å². The van der Waals surface area contributed by atoms with Gasteiger partial charge in [-0.1, -0.05) is 43.2 Å². The van der Waals surface area contributed by atoms with Gasteiger partial charge in [-0.15, -0.1) is 12.4 Å². The smallest absolute Gasteiger partial charge is 0.179 e. The van der Waals surface area contributed by atoms with Gasteiger partial charge in [0.2, 0.25) is 0 Å². The monoisotopic (exact) mass is 349 g/mol. The molecule has 0 fully saturated rings. The fraction of sp³-hybridized carbons (Fsp3) is 0.450. The van der Waals surface area contributed by atoms with Crippen LogP contribution >= 0.6 is 12.4 Å². The van der Waals surface area contributed by atoms with E-state index >= 15 is 0 Å². The van der Waals surface area contributed by atoms with E-state index in [1.807, 2.05) is 30.7 Å². The maximum absolute atomic E-state index is 12.4. The van der Waals surface area contributed by atoms with Crippen LogP contribution in [0.2, 0.25) is 0 Å². The van der Waals surface area contributed by atoms with Crippen molar-refractivity contribution in [1.29, 1.82) is 0 Å². The van der Waals surface area contributed by atoms with Gasteiger partial charge in [0.1, 0.15) is 0 Å². The van der Waals surface area contributed by atoms with Crippen molar-refractivity contribution < 1.29 is 9.90 Å². The average Bonchev–Trinajstić information content (AvgIpc) is 2.91. The zero-order valence-corrected chi connectivity index (χ0v) is 15.6. The second-order valence-corrected chi connectivity index (χ2v) is 6.27. The molecule has 1 unspecified atom stereocenters. The summed E-state index contributed by atoms with van der Waals surface area (Å²) in [6.45, 7) is 4.12. The highest BCUT2D eigenvalue weighted by Gasteiger charge is 2.16. The van der Waals surface area contributed by atoms with Crippen molar-refractivity contribution in [3.63, 3.8) is 0 Å². The summed E-state index contributed by atoms with van der Waals surface area (Å²) in [5, 5.41) is 10.1. The topological polar surface area (TPSA) is 42.2 Å². The van der Waals surface area contributed by atoms with Gasteiger partial charge in [-0.3, -0.25) is 4.79 Å². The first kappa shape index (κ1) is 20.5. The molecular weight excluding hydrogens is 322 g/mol. The minimum atomic E-state index is -0.487. The van der Waals surface area contributed by atoms with Crippen molar-refractivity contribution in [2.75, 3.05) is 0 Å². The first-order chi connectivity index (χ1) is 11.0.